The van der Waals surface area contributed by atoms with E-state index in [1.54, 1.807) is 59.0 Å². The minimum absolute atomic E-state index is 0.0976. The third kappa shape index (κ3) is 13.7. The molecule has 1 aliphatic carbocycles. The van der Waals surface area contributed by atoms with E-state index in [1.807, 2.05) is 50.7 Å². The zero-order valence-electron chi connectivity index (χ0n) is 47.7. The molecular formula is C60H89N3O13S. The lowest BCUT2D eigenvalue weighted by atomic mass is 9.77. The molecule has 77 heavy (non-hydrogen) atoms. The van der Waals surface area contributed by atoms with Gasteiger partial charge in [0.25, 0.3) is 0 Å². The lowest BCUT2D eigenvalue weighted by molar-refractivity contribution is -0.318. The number of methoxy groups -OCH3 is 1. The molecular weight excluding hydrogens is 1000 g/mol. The Morgan fingerprint density at radius 3 is 2.26 bits per heavy atom. The van der Waals surface area contributed by atoms with E-state index in [4.69, 9.17) is 28.4 Å². The van der Waals surface area contributed by atoms with Crippen molar-refractivity contribution in [1.82, 2.24) is 15.1 Å². The molecule has 18 atom stereocenters. The number of ether oxygens (including phenoxy) is 6. The first-order chi connectivity index (χ1) is 36.3. The zero-order chi connectivity index (χ0) is 56.3. The van der Waals surface area contributed by atoms with E-state index in [0.29, 0.717) is 32.5 Å². The maximum absolute atomic E-state index is 14.5. The van der Waals surface area contributed by atoms with E-state index in [2.05, 4.69) is 59.9 Å². The van der Waals surface area contributed by atoms with E-state index in [-0.39, 0.29) is 37.2 Å². The molecule has 0 saturated carbocycles. The van der Waals surface area contributed by atoms with Crippen molar-refractivity contribution in [2.45, 2.75) is 198 Å². The summed E-state index contributed by atoms with van der Waals surface area (Å²) in [5, 5.41) is 62.8. The maximum atomic E-state index is 14.5. The number of carbonyl (C=O) groups is 2. The number of cyclic esters (lactones) is 1. The Labute approximate surface area is 461 Å². The van der Waals surface area contributed by atoms with Gasteiger partial charge in [-0.25, -0.2) is 0 Å². The predicted molar refractivity (Wildman–Crippen MR) is 298 cm³/mol. The molecule has 428 valence electrons. The highest BCUT2D eigenvalue weighted by molar-refractivity contribution is 7.17. The van der Waals surface area contributed by atoms with Crippen LogP contribution in [0.4, 0.5) is 0 Å². The van der Waals surface area contributed by atoms with E-state index in [0.717, 1.165) is 11.3 Å². The van der Waals surface area contributed by atoms with Gasteiger partial charge in [0, 0.05) is 66.0 Å². The number of carbonyl (C=O) groups excluding carboxylic acids is 2. The van der Waals surface area contributed by atoms with Crippen LogP contribution in [-0.2, 0) is 44.4 Å². The van der Waals surface area contributed by atoms with Crippen LogP contribution in [0.15, 0.2) is 60.7 Å². The molecule has 6 N–H and O–H groups in total. The van der Waals surface area contributed by atoms with Gasteiger partial charge in [0.2, 0.25) is 5.91 Å². The third-order valence-electron chi connectivity index (χ3n) is 17.2. The molecule has 3 fully saturated rings. The fourth-order valence-corrected chi connectivity index (χ4v) is 13.7. The van der Waals surface area contributed by atoms with Crippen molar-refractivity contribution in [2.75, 3.05) is 40.8 Å². The highest BCUT2D eigenvalue weighted by Gasteiger charge is 2.53. The second-order valence-corrected chi connectivity index (χ2v) is 24.6. The Hall–Kier alpha value is -3.66. The van der Waals surface area contributed by atoms with Crippen molar-refractivity contribution in [1.29, 1.82) is 0 Å². The van der Waals surface area contributed by atoms with Gasteiger partial charge in [0.15, 0.2) is 12.6 Å². The van der Waals surface area contributed by atoms with Gasteiger partial charge in [-0.1, -0.05) is 69.3 Å². The largest absolute Gasteiger partial charge is 0.459 e. The zero-order valence-corrected chi connectivity index (χ0v) is 48.5. The van der Waals surface area contributed by atoms with Crippen molar-refractivity contribution in [2.24, 2.45) is 17.8 Å². The van der Waals surface area contributed by atoms with Gasteiger partial charge in [-0.15, -0.1) is 11.3 Å². The Morgan fingerprint density at radius 1 is 0.922 bits per heavy atom. The predicted octanol–water partition coefficient (Wildman–Crippen LogP) is 6.79. The van der Waals surface area contributed by atoms with Gasteiger partial charge in [0.05, 0.1) is 41.5 Å². The average molecular weight is 1090 g/mol. The fraction of sp³-hybridized carbons (Fsp3) is 0.667. The standard InChI is InChI=1S/C60H89N3O13S/c1-14-47-60(10,70)53(66)38(6)63(12)33-34(2)31-58(8,69)55(36(4)51(37(5)56(68)74-47)75-49-32-59(9,71-13)54(67)39(7)73-49)76-57-50(65)46(28-35(3)72-57)62(11)27-19-26-61-48(64)25-24-42-30-45-43-22-17-15-20-40(43)29-41-21-16-18-23-44(41)52(45)77-42/h15-18,20-25,30,34-39,46-47,49-51,53-55,57,65-67,69-70H,14,19,26-29,31-33H2,1-13H3,(H,61,64)/b25-24+/t34-,35-,36+,37-,38-,39+,46+,47-,49+,50-,51+,53-,54+,55-,57+,58-,59-,60-/m1/s1. The van der Waals surface area contributed by atoms with Crippen LogP contribution < -0.4 is 5.32 Å². The molecule has 17 heteroatoms. The van der Waals surface area contributed by atoms with E-state index in [1.165, 1.54) is 46.7 Å². The molecule has 2 aromatic carbocycles. The van der Waals surface area contributed by atoms with Crippen LogP contribution in [0.3, 0.4) is 0 Å². The van der Waals surface area contributed by atoms with Gasteiger partial charge < -0.3 is 69.1 Å². The minimum atomic E-state index is -1.84. The molecule has 0 spiro atoms. The first-order valence-electron chi connectivity index (χ1n) is 27.8. The number of amides is 1. The molecule has 16 nitrogen and oxygen atoms in total. The Morgan fingerprint density at radius 2 is 1.58 bits per heavy atom. The molecule has 4 heterocycles. The maximum Gasteiger partial charge on any atom is 0.311 e. The first kappa shape index (κ1) is 61.0. The molecule has 1 aromatic heterocycles. The third-order valence-corrected chi connectivity index (χ3v) is 18.3. The minimum Gasteiger partial charge on any atom is -0.459 e. The van der Waals surface area contributed by atoms with Gasteiger partial charge in [0.1, 0.15) is 30.0 Å². The van der Waals surface area contributed by atoms with E-state index < -0.39 is 102 Å². The van der Waals surface area contributed by atoms with Crippen LogP contribution >= 0.6 is 11.3 Å². The van der Waals surface area contributed by atoms with Crippen molar-refractivity contribution < 1.29 is 63.5 Å². The molecule has 7 rings (SSSR count). The molecule has 3 aliphatic heterocycles. The summed E-state index contributed by atoms with van der Waals surface area (Å²) >= 11 is 1.68. The average Bonchev–Trinajstić information content (AvgIpc) is 3.76. The van der Waals surface area contributed by atoms with Crippen molar-refractivity contribution in [3.05, 3.63) is 76.7 Å². The number of fused-ring (bicyclic) bond motifs is 5. The topological polar surface area (TPSA) is 209 Å². The quantitative estimate of drug-likeness (QED) is 0.0463. The molecule has 0 unspecified atom stereocenters. The number of nitrogens with zero attached hydrogens (tertiary/aromatic N) is 2. The summed E-state index contributed by atoms with van der Waals surface area (Å²) in [4.78, 5) is 33.9. The molecule has 0 radical (unpaired) electrons. The number of benzene rings is 2. The molecule has 3 saturated heterocycles. The van der Waals surface area contributed by atoms with Crippen LogP contribution in [0, 0.1) is 17.8 Å². The smallest absolute Gasteiger partial charge is 0.311 e. The van der Waals surface area contributed by atoms with E-state index in [9.17, 15) is 35.1 Å². The van der Waals surface area contributed by atoms with Crippen molar-refractivity contribution in [3.63, 3.8) is 0 Å². The second-order valence-electron chi connectivity index (χ2n) is 23.5. The normalized spacial score (nSPS) is 37.7. The SMILES string of the molecule is CC[C@H]1OC(=O)[C@H](C)[C@@H](O[C@H]2C[C@@](C)(OC)[C@@H](O)[C@H](C)O2)[C@H](C)[C@@H](O[C@@H]2O[C@H](C)C[C@H](N(C)CCCNC(=O)/C=C/c3cc4c(s3)-c3ccccc3Cc3ccccc3-4)[C@H]2O)[C@](C)(O)C[C@@H](C)CN(C)[C@H](C)[C@@H](O)[C@]1(C)O. The highest BCUT2D eigenvalue weighted by Crippen LogP contribution is 2.46. The van der Waals surface area contributed by atoms with Gasteiger partial charge in [-0.05, 0) is 142 Å². The Balaban J connectivity index is 1.08. The van der Waals surface area contributed by atoms with E-state index >= 15 is 0 Å². The number of hydrogen-bond acceptors (Lipinski definition) is 16. The summed E-state index contributed by atoms with van der Waals surface area (Å²) in [5.74, 6) is -3.00. The lowest BCUT2D eigenvalue weighted by Gasteiger charge is -2.49. The lowest BCUT2D eigenvalue weighted by Crippen LogP contribution is -2.61. The second kappa shape index (κ2) is 25.4. The van der Waals surface area contributed by atoms with Crippen molar-refractivity contribution in [3.8, 4) is 21.6 Å². The number of aliphatic hydroxyl groups is 5. The number of rotatable bonds is 13. The summed E-state index contributed by atoms with van der Waals surface area (Å²) < 4.78 is 38.4. The highest BCUT2D eigenvalue weighted by atomic mass is 32.1. The number of hydrogen-bond donors (Lipinski definition) is 6. The summed E-state index contributed by atoms with van der Waals surface area (Å²) in [5.41, 5.74) is 1.63. The number of likely N-dealkylation sites (N-methyl/N-ethyl adjacent to an activating group) is 2. The monoisotopic (exact) mass is 1090 g/mol. The first-order valence-corrected chi connectivity index (χ1v) is 28.6. The van der Waals surface area contributed by atoms with Crippen LogP contribution in [0.25, 0.3) is 27.6 Å². The number of thiophene rings is 1. The van der Waals surface area contributed by atoms with Gasteiger partial charge in [-0.2, -0.15) is 0 Å². The van der Waals surface area contributed by atoms with Crippen LogP contribution in [0.2, 0.25) is 0 Å². The summed E-state index contributed by atoms with van der Waals surface area (Å²) in [6.45, 7) is 18.9. The molecule has 3 aromatic rings. The van der Waals surface area contributed by atoms with Crippen LogP contribution in [-0.4, -0.2) is 178 Å². The Bertz CT molecular complexity index is 2420. The summed E-state index contributed by atoms with van der Waals surface area (Å²) in [7, 11) is 5.27. The number of esters is 1. The summed E-state index contributed by atoms with van der Waals surface area (Å²) in [6, 6.07) is 18.2. The van der Waals surface area contributed by atoms with Crippen LogP contribution in [0.5, 0.6) is 0 Å². The number of nitrogens with one attached hydrogen (secondary N) is 1. The van der Waals surface area contributed by atoms with Gasteiger partial charge >= 0.3 is 5.97 Å². The fourth-order valence-electron chi connectivity index (χ4n) is 12.5. The molecule has 0 bridgehead atoms. The Kier molecular flexibility index (Phi) is 20.1. The van der Waals surface area contributed by atoms with Crippen molar-refractivity contribution >= 4 is 29.3 Å². The van der Waals surface area contributed by atoms with Gasteiger partial charge in [-0.3, -0.25) is 9.59 Å². The van der Waals surface area contributed by atoms with Crippen LogP contribution in [0.1, 0.15) is 117 Å². The number of aliphatic hydroxyl groups excluding tert-OH is 3. The summed E-state index contributed by atoms with van der Waals surface area (Å²) in [6.07, 6.45) is -4.21. The molecule has 4 aliphatic rings. The molecule has 1 amide bonds.